The molecule has 114 valence electrons. The molecule has 1 amide bonds. The highest BCUT2D eigenvalue weighted by Gasteiger charge is 2.12. The van der Waals surface area contributed by atoms with Crippen molar-refractivity contribution in [3.05, 3.63) is 40.7 Å². The fraction of sp³-hybridized carbons (Fsp3) is 0.471. The molecule has 0 saturated heterocycles. The van der Waals surface area contributed by atoms with Crippen LogP contribution in [0.2, 0.25) is 5.02 Å². The second-order valence-corrected chi connectivity index (χ2v) is 5.93. The summed E-state index contributed by atoms with van der Waals surface area (Å²) >= 11 is 5.92. The lowest BCUT2D eigenvalue weighted by Gasteiger charge is -2.20. The number of rotatable bonds is 3. The van der Waals surface area contributed by atoms with Crippen LogP contribution >= 0.6 is 11.6 Å². The molecule has 0 heterocycles. The molecule has 1 saturated carbocycles. The van der Waals surface area contributed by atoms with Crippen molar-refractivity contribution in [2.24, 2.45) is 0 Å². The quantitative estimate of drug-likeness (QED) is 0.804. The first-order valence-electron chi connectivity index (χ1n) is 7.59. The van der Waals surface area contributed by atoms with Crippen molar-refractivity contribution < 1.29 is 9.18 Å². The van der Waals surface area contributed by atoms with Gasteiger partial charge in [0, 0.05) is 17.7 Å². The van der Waals surface area contributed by atoms with Crippen molar-refractivity contribution in [2.75, 3.05) is 0 Å². The van der Waals surface area contributed by atoms with Gasteiger partial charge >= 0.3 is 0 Å². The highest BCUT2D eigenvalue weighted by atomic mass is 35.5. The molecule has 0 atom stereocenters. The van der Waals surface area contributed by atoms with E-state index in [2.05, 4.69) is 5.32 Å². The first-order valence-corrected chi connectivity index (χ1v) is 7.97. The molecule has 1 fully saturated rings. The van der Waals surface area contributed by atoms with Gasteiger partial charge in [-0.25, -0.2) is 4.39 Å². The molecule has 1 aromatic carbocycles. The van der Waals surface area contributed by atoms with Gasteiger partial charge in [-0.15, -0.1) is 0 Å². The maximum atomic E-state index is 13.6. The molecule has 0 unspecified atom stereocenters. The van der Waals surface area contributed by atoms with Crippen molar-refractivity contribution in [3.63, 3.8) is 0 Å². The molecule has 21 heavy (non-hydrogen) atoms. The minimum absolute atomic E-state index is 0.181. The lowest BCUT2D eigenvalue weighted by molar-refractivity contribution is -0.117. The number of hydrogen-bond donors (Lipinski definition) is 1. The van der Waals surface area contributed by atoms with Gasteiger partial charge in [-0.3, -0.25) is 4.79 Å². The maximum Gasteiger partial charge on any atom is 0.244 e. The van der Waals surface area contributed by atoms with Crippen LogP contribution < -0.4 is 5.32 Å². The van der Waals surface area contributed by atoms with Crippen molar-refractivity contribution >= 4 is 23.6 Å². The van der Waals surface area contributed by atoms with Crippen LogP contribution in [0.1, 0.15) is 50.5 Å². The Labute approximate surface area is 130 Å². The highest BCUT2D eigenvalue weighted by Crippen LogP contribution is 2.20. The summed E-state index contributed by atoms with van der Waals surface area (Å²) in [4.78, 5) is 11.9. The molecule has 1 aromatic rings. The van der Waals surface area contributed by atoms with Crippen molar-refractivity contribution in [3.8, 4) is 0 Å². The number of benzene rings is 1. The van der Waals surface area contributed by atoms with E-state index in [9.17, 15) is 9.18 Å². The van der Waals surface area contributed by atoms with Crippen LogP contribution in [0.3, 0.4) is 0 Å². The number of carbonyl (C=O) groups excluding carboxylic acids is 1. The van der Waals surface area contributed by atoms with Gasteiger partial charge in [0.15, 0.2) is 0 Å². The molecule has 2 nitrogen and oxygen atoms in total. The zero-order valence-electron chi connectivity index (χ0n) is 12.1. The molecule has 0 aliphatic heterocycles. The van der Waals surface area contributed by atoms with Crippen LogP contribution in [0.5, 0.6) is 0 Å². The standard InChI is InChI=1S/C17H21ClFNO/c18-15-9-6-10-16(19)14(15)11-12-17(21)20-13-7-4-2-1-3-5-8-13/h6,9-13H,1-5,7-8H2,(H,20,21). The van der Waals surface area contributed by atoms with Gasteiger partial charge in [-0.05, 0) is 31.1 Å². The fourth-order valence-corrected chi connectivity index (χ4v) is 2.90. The molecular formula is C17H21ClFNO. The monoisotopic (exact) mass is 309 g/mol. The van der Waals surface area contributed by atoms with Gasteiger partial charge in [0.05, 0.1) is 5.02 Å². The summed E-state index contributed by atoms with van der Waals surface area (Å²) in [5.74, 6) is -0.600. The van der Waals surface area contributed by atoms with E-state index in [4.69, 9.17) is 11.6 Å². The Bertz CT molecular complexity index is 487. The summed E-state index contributed by atoms with van der Waals surface area (Å²) in [6, 6.07) is 4.72. The van der Waals surface area contributed by atoms with E-state index in [0.717, 1.165) is 25.7 Å². The zero-order chi connectivity index (χ0) is 15.1. The van der Waals surface area contributed by atoms with E-state index in [1.54, 1.807) is 12.1 Å². The summed E-state index contributed by atoms with van der Waals surface area (Å²) in [7, 11) is 0. The number of halogens is 2. The van der Waals surface area contributed by atoms with Gasteiger partial charge in [0.1, 0.15) is 5.82 Å². The van der Waals surface area contributed by atoms with E-state index in [-0.39, 0.29) is 17.5 Å². The lowest BCUT2D eigenvalue weighted by atomic mass is 9.97. The first-order chi connectivity index (χ1) is 10.2. The highest BCUT2D eigenvalue weighted by molar-refractivity contribution is 6.32. The predicted molar refractivity (Wildman–Crippen MR) is 84.7 cm³/mol. The third kappa shape index (κ3) is 5.16. The van der Waals surface area contributed by atoms with Gasteiger partial charge in [-0.1, -0.05) is 49.8 Å². The topological polar surface area (TPSA) is 29.1 Å². The summed E-state index contributed by atoms with van der Waals surface area (Å²) in [6.45, 7) is 0. The maximum absolute atomic E-state index is 13.6. The molecular weight excluding hydrogens is 289 g/mol. The van der Waals surface area contributed by atoms with E-state index < -0.39 is 5.82 Å². The van der Waals surface area contributed by atoms with Crippen LogP contribution in [-0.2, 0) is 4.79 Å². The SMILES string of the molecule is O=C(C=Cc1c(F)cccc1Cl)NC1CCCCCCC1. The molecule has 1 aliphatic carbocycles. The predicted octanol–water partition coefficient (Wildman–Crippen LogP) is 4.72. The second-order valence-electron chi connectivity index (χ2n) is 5.52. The summed E-state index contributed by atoms with van der Waals surface area (Å²) in [6.07, 6.45) is 11.0. The summed E-state index contributed by atoms with van der Waals surface area (Å²) in [5.41, 5.74) is 0.256. The van der Waals surface area contributed by atoms with Crippen LogP contribution in [-0.4, -0.2) is 11.9 Å². The lowest BCUT2D eigenvalue weighted by Crippen LogP contribution is -2.34. The minimum Gasteiger partial charge on any atom is -0.350 e. The van der Waals surface area contributed by atoms with Crippen molar-refractivity contribution in [2.45, 2.75) is 51.0 Å². The molecule has 0 spiro atoms. The van der Waals surface area contributed by atoms with E-state index in [0.29, 0.717) is 5.02 Å². The number of amides is 1. The average molecular weight is 310 g/mol. The van der Waals surface area contributed by atoms with Gasteiger partial charge in [0.25, 0.3) is 0 Å². The third-order valence-electron chi connectivity index (χ3n) is 3.85. The van der Waals surface area contributed by atoms with Crippen LogP contribution in [0, 0.1) is 5.82 Å². The Morgan fingerprint density at radius 1 is 1.19 bits per heavy atom. The Morgan fingerprint density at radius 3 is 2.52 bits per heavy atom. The molecule has 1 aliphatic rings. The van der Waals surface area contributed by atoms with Crippen LogP contribution in [0.25, 0.3) is 6.08 Å². The minimum atomic E-state index is -0.419. The first kappa shape index (κ1) is 16.0. The van der Waals surface area contributed by atoms with E-state index >= 15 is 0 Å². The molecule has 0 bridgehead atoms. The molecule has 1 N–H and O–H groups in total. The second kappa shape index (κ2) is 8.18. The summed E-state index contributed by atoms with van der Waals surface area (Å²) in [5, 5.41) is 3.31. The van der Waals surface area contributed by atoms with Crippen LogP contribution in [0.4, 0.5) is 4.39 Å². The van der Waals surface area contributed by atoms with Gasteiger partial charge in [-0.2, -0.15) is 0 Å². The summed E-state index contributed by atoms with van der Waals surface area (Å²) < 4.78 is 13.6. The molecule has 4 heteroatoms. The molecule has 0 radical (unpaired) electrons. The van der Waals surface area contributed by atoms with Crippen molar-refractivity contribution in [1.82, 2.24) is 5.32 Å². The fourth-order valence-electron chi connectivity index (χ4n) is 2.68. The Morgan fingerprint density at radius 2 is 1.86 bits per heavy atom. The average Bonchev–Trinajstić information content (AvgIpc) is 2.41. The van der Waals surface area contributed by atoms with Crippen LogP contribution in [0.15, 0.2) is 24.3 Å². The van der Waals surface area contributed by atoms with Gasteiger partial charge in [0.2, 0.25) is 5.91 Å². The number of hydrogen-bond acceptors (Lipinski definition) is 1. The Balaban J connectivity index is 1.92. The smallest absolute Gasteiger partial charge is 0.244 e. The zero-order valence-corrected chi connectivity index (χ0v) is 12.8. The Kier molecular flexibility index (Phi) is 6.24. The molecule has 0 aromatic heterocycles. The normalized spacial score (nSPS) is 17.4. The number of nitrogens with one attached hydrogen (secondary N) is 1. The number of carbonyl (C=O) groups is 1. The van der Waals surface area contributed by atoms with Gasteiger partial charge < -0.3 is 5.32 Å². The van der Waals surface area contributed by atoms with E-state index in [1.165, 1.54) is 37.5 Å². The largest absolute Gasteiger partial charge is 0.350 e. The molecule has 2 rings (SSSR count). The van der Waals surface area contributed by atoms with Crippen molar-refractivity contribution in [1.29, 1.82) is 0 Å². The van der Waals surface area contributed by atoms with E-state index in [1.807, 2.05) is 0 Å². The Hall–Kier alpha value is -1.35. The third-order valence-corrected chi connectivity index (χ3v) is 4.18.